The number of rotatable bonds is 7. The van der Waals surface area contributed by atoms with Crippen molar-refractivity contribution in [1.82, 2.24) is 10.2 Å². The van der Waals surface area contributed by atoms with Gasteiger partial charge in [0.1, 0.15) is 18.2 Å². The molecular weight excluding hydrogens is 420 g/mol. The van der Waals surface area contributed by atoms with Crippen molar-refractivity contribution in [2.24, 2.45) is 0 Å². The molecule has 0 saturated carbocycles. The second-order valence-electron chi connectivity index (χ2n) is 8.72. The lowest BCUT2D eigenvalue weighted by molar-refractivity contribution is -0.156. The molecule has 2 atom stereocenters. The zero-order valence-electron chi connectivity index (χ0n) is 18.6. The van der Waals surface area contributed by atoms with Crippen molar-refractivity contribution in [1.29, 1.82) is 0 Å². The van der Waals surface area contributed by atoms with Gasteiger partial charge in [-0.3, -0.25) is 4.79 Å². The topological polar surface area (TPSA) is 95.9 Å². The molecule has 4 rings (SSSR count). The molecule has 1 fully saturated rings. The Labute approximate surface area is 193 Å². The number of nitrogens with one attached hydrogen (secondary N) is 1. The second kappa shape index (κ2) is 9.10. The highest BCUT2D eigenvalue weighted by Gasteiger charge is 2.47. The molecule has 1 aliphatic carbocycles. The van der Waals surface area contributed by atoms with Crippen LogP contribution in [0.3, 0.4) is 0 Å². The van der Waals surface area contributed by atoms with Crippen molar-refractivity contribution in [3.8, 4) is 11.1 Å². The molecule has 0 spiro atoms. The minimum Gasteiger partial charge on any atom is -0.480 e. The molecule has 1 saturated heterocycles. The lowest BCUT2D eigenvalue weighted by Crippen LogP contribution is -2.57. The highest BCUT2D eigenvalue weighted by molar-refractivity contribution is 5.92. The molecule has 1 aliphatic heterocycles. The molecule has 7 heteroatoms. The Morgan fingerprint density at radius 2 is 1.79 bits per heavy atom. The van der Waals surface area contributed by atoms with Crippen LogP contribution in [0.5, 0.6) is 0 Å². The summed E-state index contributed by atoms with van der Waals surface area (Å²) in [6.07, 6.45) is 1.96. The number of carboxylic acids is 1. The van der Waals surface area contributed by atoms with Gasteiger partial charge in [-0.05, 0) is 48.4 Å². The number of alkyl carbamates (subject to hydrolysis) is 1. The van der Waals surface area contributed by atoms with E-state index in [9.17, 15) is 19.5 Å². The molecule has 1 unspecified atom stereocenters. The van der Waals surface area contributed by atoms with E-state index in [-0.39, 0.29) is 18.9 Å². The van der Waals surface area contributed by atoms with Gasteiger partial charge in [-0.15, -0.1) is 6.58 Å². The average Bonchev–Trinajstić information content (AvgIpc) is 3.36. The van der Waals surface area contributed by atoms with Gasteiger partial charge in [0.2, 0.25) is 5.91 Å². The monoisotopic (exact) mass is 448 g/mol. The minimum absolute atomic E-state index is 0.0920. The maximum Gasteiger partial charge on any atom is 0.407 e. The smallest absolute Gasteiger partial charge is 0.407 e. The Bertz CT molecular complexity index is 1050. The van der Waals surface area contributed by atoms with Gasteiger partial charge in [-0.25, -0.2) is 9.59 Å². The van der Waals surface area contributed by atoms with E-state index in [1.165, 1.54) is 11.0 Å². The van der Waals surface area contributed by atoms with Gasteiger partial charge in [0.05, 0.1) is 0 Å². The van der Waals surface area contributed by atoms with Crippen LogP contribution in [0.2, 0.25) is 0 Å². The molecule has 2 amide bonds. The number of carboxylic acid groups (broad SMARTS) is 1. The lowest BCUT2D eigenvalue weighted by Gasteiger charge is -2.33. The highest BCUT2D eigenvalue weighted by Crippen LogP contribution is 2.44. The van der Waals surface area contributed by atoms with Crippen LogP contribution in [-0.4, -0.2) is 52.7 Å². The van der Waals surface area contributed by atoms with Crippen molar-refractivity contribution in [3.63, 3.8) is 0 Å². The number of ether oxygens (including phenoxy) is 1. The van der Waals surface area contributed by atoms with Gasteiger partial charge in [0, 0.05) is 12.5 Å². The van der Waals surface area contributed by atoms with Crippen LogP contribution in [0.25, 0.3) is 11.1 Å². The first-order valence-electron chi connectivity index (χ1n) is 11.1. The van der Waals surface area contributed by atoms with Gasteiger partial charge < -0.3 is 20.1 Å². The molecule has 0 radical (unpaired) electrons. The summed E-state index contributed by atoms with van der Waals surface area (Å²) in [4.78, 5) is 38.9. The van der Waals surface area contributed by atoms with Gasteiger partial charge >= 0.3 is 12.1 Å². The number of carbonyl (C=O) groups excluding carboxylic acids is 2. The van der Waals surface area contributed by atoms with Gasteiger partial charge in [0.25, 0.3) is 0 Å². The largest absolute Gasteiger partial charge is 0.480 e. The first-order valence-corrected chi connectivity index (χ1v) is 11.1. The Morgan fingerprint density at radius 1 is 1.18 bits per heavy atom. The number of hydrogen-bond donors (Lipinski definition) is 2. The van der Waals surface area contributed by atoms with Crippen molar-refractivity contribution >= 4 is 18.0 Å². The molecule has 172 valence electrons. The molecule has 2 aromatic carbocycles. The standard InChI is InChI=1S/C26H28N2O5/c1-3-9-22(23(29)28-15-8-14-26(28,2)24(30)31)27-25(32)33-16-21-19-12-6-4-10-17(19)18-11-5-7-13-20(18)21/h3-7,10-13,21-22H,1,8-9,14-16H2,2H3,(H,27,32)(H,30,31)/t22?,26-/m1/s1. The predicted molar refractivity (Wildman–Crippen MR) is 124 cm³/mol. The maximum absolute atomic E-state index is 13.1. The fraction of sp³-hybridized carbons (Fsp3) is 0.346. The van der Waals surface area contributed by atoms with Crippen molar-refractivity contribution in [2.45, 2.75) is 43.7 Å². The van der Waals surface area contributed by atoms with Gasteiger partial charge in [-0.1, -0.05) is 54.6 Å². The SMILES string of the molecule is C=CCC(NC(=O)OCC1c2ccccc2-c2ccccc21)C(=O)N1CCC[C@]1(C)C(=O)O. The zero-order valence-corrected chi connectivity index (χ0v) is 18.6. The van der Waals surface area contributed by atoms with E-state index in [2.05, 4.69) is 24.0 Å². The number of hydrogen-bond acceptors (Lipinski definition) is 4. The molecule has 2 aliphatic rings. The zero-order chi connectivity index (χ0) is 23.6. The summed E-state index contributed by atoms with van der Waals surface area (Å²) in [5.41, 5.74) is 3.17. The van der Waals surface area contributed by atoms with Gasteiger partial charge in [0.15, 0.2) is 0 Å². The summed E-state index contributed by atoms with van der Waals surface area (Å²) in [6, 6.07) is 15.1. The normalized spacial score (nSPS) is 20.0. The maximum atomic E-state index is 13.1. The Kier molecular flexibility index (Phi) is 6.22. The Hall–Kier alpha value is -3.61. The van der Waals surface area contributed by atoms with E-state index in [0.29, 0.717) is 19.4 Å². The lowest BCUT2D eigenvalue weighted by atomic mass is 9.98. The number of nitrogens with zero attached hydrogens (tertiary/aromatic N) is 1. The average molecular weight is 449 g/mol. The summed E-state index contributed by atoms with van der Waals surface area (Å²) < 4.78 is 5.56. The molecule has 33 heavy (non-hydrogen) atoms. The number of likely N-dealkylation sites (tertiary alicyclic amines) is 1. The molecule has 2 N–H and O–H groups in total. The third-order valence-corrected chi connectivity index (χ3v) is 6.70. The van der Waals surface area contributed by atoms with E-state index in [4.69, 9.17) is 4.74 Å². The molecule has 0 aromatic heterocycles. The minimum atomic E-state index is -1.28. The molecule has 7 nitrogen and oxygen atoms in total. The first kappa shape index (κ1) is 22.6. The second-order valence-corrected chi connectivity index (χ2v) is 8.72. The van der Waals surface area contributed by atoms with E-state index >= 15 is 0 Å². The fourth-order valence-electron chi connectivity index (χ4n) is 4.90. The van der Waals surface area contributed by atoms with Crippen LogP contribution in [-0.2, 0) is 14.3 Å². The quantitative estimate of drug-likeness (QED) is 0.626. The van der Waals surface area contributed by atoms with Crippen molar-refractivity contribution in [3.05, 3.63) is 72.3 Å². The Balaban J connectivity index is 1.45. The van der Waals surface area contributed by atoms with Crippen LogP contribution >= 0.6 is 0 Å². The van der Waals surface area contributed by atoms with Crippen LogP contribution in [0.15, 0.2) is 61.2 Å². The summed E-state index contributed by atoms with van der Waals surface area (Å²) in [7, 11) is 0. The molecule has 2 aromatic rings. The molecule has 1 heterocycles. The van der Waals surface area contributed by atoms with Crippen LogP contribution in [0, 0.1) is 0 Å². The van der Waals surface area contributed by atoms with Crippen LogP contribution < -0.4 is 5.32 Å². The molecule has 0 bridgehead atoms. The van der Waals surface area contributed by atoms with Crippen molar-refractivity contribution in [2.75, 3.05) is 13.2 Å². The molecular formula is C26H28N2O5. The first-order chi connectivity index (χ1) is 15.9. The number of carbonyl (C=O) groups is 3. The number of benzene rings is 2. The third kappa shape index (κ3) is 4.11. The van der Waals surface area contributed by atoms with E-state index in [1.54, 1.807) is 6.92 Å². The third-order valence-electron chi connectivity index (χ3n) is 6.70. The number of fused-ring (bicyclic) bond motifs is 3. The summed E-state index contributed by atoms with van der Waals surface area (Å²) >= 11 is 0. The van der Waals surface area contributed by atoms with Crippen molar-refractivity contribution < 1.29 is 24.2 Å². The van der Waals surface area contributed by atoms with E-state index in [0.717, 1.165) is 22.3 Å². The fourth-order valence-corrected chi connectivity index (χ4v) is 4.90. The highest BCUT2D eigenvalue weighted by atomic mass is 16.5. The van der Waals surface area contributed by atoms with Crippen LogP contribution in [0.1, 0.15) is 43.2 Å². The predicted octanol–water partition coefficient (Wildman–Crippen LogP) is 3.94. The van der Waals surface area contributed by atoms with Gasteiger partial charge in [-0.2, -0.15) is 0 Å². The van der Waals surface area contributed by atoms with Crippen LogP contribution in [0.4, 0.5) is 4.79 Å². The van der Waals surface area contributed by atoms with E-state index in [1.807, 2.05) is 36.4 Å². The summed E-state index contributed by atoms with van der Waals surface area (Å²) in [5.74, 6) is -1.58. The Morgan fingerprint density at radius 3 is 2.36 bits per heavy atom. The number of aliphatic carboxylic acids is 1. The number of amides is 2. The summed E-state index contributed by atoms with van der Waals surface area (Å²) in [6.45, 7) is 5.67. The summed E-state index contributed by atoms with van der Waals surface area (Å²) in [5, 5.41) is 12.3. The van der Waals surface area contributed by atoms with E-state index < -0.39 is 29.6 Å².